The fourth-order valence-electron chi connectivity index (χ4n) is 3.00. The Labute approximate surface area is 125 Å². The topological polar surface area (TPSA) is 29.9 Å². The number of rotatable bonds is 6. The van der Waals surface area contributed by atoms with E-state index in [2.05, 4.69) is 47.4 Å². The van der Waals surface area contributed by atoms with Gasteiger partial charge in [0.25, 0.3) is 0 Å². The highest BCUT2D eigenvalue weighted by atomic mass is 32.2. The Morgan fingerprint density at radius 2 is 2.15 bits per heavy atom. The van der Waals surface area contributed by atoms with Crippen LogP contribution in [-0.4, -0.2) is 27.3 Å². The van der Waals surface area contributed by atoms with Crippen LogP contribution in [0, 0.1) is 0 Å². The number of nitrogens with one attached hydrogen (secondary N) is 1. The average Bonchev–Trinajstić information content (AvgIpc) is 2.80. The molecule has 1 aromatic heterocycles. The van der Waals surface area contributed by atoms with E-state index in [4.69, 9.17) is 5.10 Å². The molecule has 1 heterocycles. The van der Waals surface area contributed by atoms with Crippen molar-refractivity contribution in [2.24, 2.45) is 0 Å². The first-order valence-electron chi connectivity index (χ1n) is 7.48. The van der Waals surface area contributed by atoms with Crippen LogP contribution in [0.15, 0.2) is 24.3 Å². The lowest BCUT2D eigenvalue weighted by Crippen LogP contribution is -2.43. The molecular formula is C16H23N3S. The van der Waals surface area contributed by atoms with Crippen LogP contribution in [0.2, 0.25) is 0 Å². The van der Waals surface area contributed by atoms with Gasteiger partial charge in [0, 0.05) is 29.8 Å². The second-order valence-corrected chi connectivity index (χ2v) is 6.90. The van der Waals surface area contributed by atoms with Gasteiger partial charge in [-0.25, -0.2) is 0 Å². The lowest BCUT2D eigenvalue weighted by atomic mass is 9.84. The van der Waals surface area contributed by atoms with Crippen molar-refractivity contribution in [1.29, 1.82) is 0 Å². The van der Waals surface area contributed by atoms with E-state index < -0.39 is 0 Å². The molecule has 3 nitrogen and oxygen atoms in total. The predicted molar refractivity (Wildman–Crippen MR) is 87.2 cm³/mol. The fourth-order valence-corrected chi connectivity index (χ4v) is 3.94. The zero-order chi connectivity index (χ0) is 14.0. The molecule has 0 aliphatic heterocycles. The van der Waals surface area contributed by atoms with Crippen LogP contribution >= 0.6 is 11.8 Å². The summed E-state index contributed by atoms with van der Waals surface area (Å²) in [7, 11) is 0. The van der Waals surface area contributed by atoms with Crippen molar-refractivity contribution in [3.63, 3.8) is 0 Å². The molecule has 0 bridgehead atoms. The molecule has 1 aliphatic carbocycles. The first kappa shape index (κ1) is 14.0. The maximum atomic E-state index is 4.74. The first-order valence-corrected chi connectivity index (χ1v) is 8.71. The SMILES string of the molecule is CCn1nc(CNCC2(SC)CCC2)c2ccccc21. The van der Waals surface area contributed by atoms with E-state index in [-0.39, 0.29) is 0 Å². The quantitative estimate of drug-likeness (QED) is 0.883. The summed E-state index contributed by atoms with van der Waals surface area (Å²) < 4.78 is 2.59. The number of nitrogens with zero attached hydrogens (tertiary/aromatic N) is 2. The van der Waals surface area contributed by atoms with Gasteiger partial charge < -0.3 is 5.32 Å². The Bertz CT molecular complexity index is 581. The van der Waals surface area contributed by atoms with Crippen molar-refractivity contribution in [1.82, 2.24) is 15.1 Å². The number of benzene rings is 1. The zero-order valence-electron chi connectivity index (χ0n) is 12.4. The molecule has 0 radical (unpaired) electrons. The van der Waals surface area contributed by atoms with Crippen LogP contribution in [-0.2, 0) is 13.1 Å². The van der Waals surface area contributed by atoms with E-state index in [1.807, 2.05) is 11.8 Å². The smallest absolute Gasteiger partial charge is 0.0841 e. The summed E-state index contributed by atoms with van der Waals surface area (Å²) in [6.07, 6.45) is 6.33. The minimum atomic E-state index is 0.489. The lowest BCUT2D eigenvalue weighted by Gasteiger charge is -2.40. The molecule has 0 amide bonds. The number of para-hydroxylation sites is 1. The standard InChI is InChI=1S/C16H23N3S/c1-3-19-15-8-5-4-7-13(15)14(18-19)11-17-12-16(20-2)9-6-10-16/h4-5,7-8,17H,3,6,9-12H2,1-2H3. The van der Waals surface area contributed by atoms with Gasteiger partial charge in [-0.15, -0.1) is 0 Å². The van der Waals surface area contributed by atoms with E-state index in [1.54, 1.807) is 0 Å². The van der Waals surface area contributed by atoms with Crippen LogP contribution in [0.1, 0.15) is 31.9 Å². The van der Waals surface area contributed by atoms with Gasteiger partial charge in [-0.1, -0.05) is 24.6 Å². The van der Waals surface area contributed by atoms with Crippen LogP contribution in [0.5, 0.6) is 0 Å². The normalized spacial score (nSPS) is 17.3. The minimum Gasteiger partial charge on any atom is -0.310 e. The fraction of sp³-hybridized carbons (Fsp3) is 0.562. The third-order valence-corrected chi connectivity index (χ3v) is 5.89. The van der Waals surface area contributed by atoms with Crippen LogP contribution in [0.3, 0.4) is 0 Å². The molecule has 1 N–H and O–H groups in total. The maximum Gasteiger partial charge on any atom is 0.0841 e. The van der Waals surface area contributed by atoms with Crippen molar-refractivity contribution >= 4 is 22.7 Å². The number of hydrogen-bond acceptors (Lipinski definition) is 3. The van der Waals surface area contributed by atoms with Crippen molar-refractivity contribution < 1.29 is 0 Å². The van der Waals surface area contributed by atoms with Gasteiger partial charge in [0.1, 0.15) is 0 Å². The summed E-state index contributed by atoms with van der Waals surface area (Å²) in [5.41, 5.74) is 2.42. The summed E-state index contributed by atoms with van der Waals surface area (Å²) >= 11 is 2.02. The molecule has 0 spiro atoms. The number of thioether (sulfide) groups is 1. The summed E-state index contributed by atoms with van der Waals surface area (Å²) in [6, 6.07) is 8.52. The van der Waals surface area contributed by atoms with Crippen LogP contribution < -0.4 is 5.32 Å². The van der Waals surface area contributed by atoms with E-state index in [9.17, 15) is 0 Å². The highest BCUT2D eigenvalue weighted by molar-refractivity contribution is 8.00. The van der Waals surface area contributed by atoms with Crippen molar-refractivity contribution in [3.8, 4) is 0 Å². The Morgan fingerprint density at radius 3 is 2.80 bits per heavy atom. The molecule has 108 valence electrons. The summed E-state index contributed by atoms with van der Waals surface area (Å²) in [5.74, 6) is 0. The van der Waals surface area contributed by atoms with Crippen molar-refractivity contribution in [2.75, 3.05) is 12.8 Å². The summed E-state index contributed by atoms with van der Waals surface area (Å²) in [6.45, 7) is 5.04. The van der Waals surface area contributed by atoms with Gasteiger partial charge in [-0.05, 0) is 32.1 Å². The van der Waals surface area contributed by atoms with Gasteiger partial charge in [-0.3, -0.25) is 4.68 Å². The van der Waals surface area contributed by atoms with E-state index in [1.165, 1.54) is 35.9 Å². The first-order chi connectivity index (χ1) is 9.78. The molecule has 3 rings (SSSR count). The Balaban J connectivity index is 1.71. The van der Waals surface area contributed by atoms with Gasteiger partial charge in [0.15, 0.2) is 0 Å². The Kier molecular flexibility index (Phi) is 4.03. The summed E-state index contributed by atoms with van der Waals surface area (Å²) in [5, 5.41) is 9.66. The highest BCUT2D eigenvalue weighted by Gasteiger charge is 2.35. The molecule has 1 fully saturated rings. The molecule has 0 unspecified atom stereocenters. The monoisotopic (exact) mass is 289 g/mol. The van der Waals surface area contributed by atoms with Gasteiger partial charge in [0.05, 0.1) is 11.2 Å². The third kappa shape index (κ3) is 2.47. The van der Waals surface area contributed by atoms with E-state index >= 15 is 0 Å². The number of hydrogen-bond donors (Lipinski definition) is 1. The molecule has 2 aromatic rings. The van der Waals surface area contributed by atoms with Gasteiger partial charge >= 0.3 is 0 Å². The molecule has 1 aliphatic rings. The minimum absolute atomic E-state index is 0.489. The average molecular weight is 289 g/mol. The predicted octanol–water partition coefficient (Wildman–Crippen LogP) is 3.43. The molecule has 0 atom stereocenters. The van der Waals surface area contributed by atoms with Gasteiger partial charge in [-0.2, -0.15) is 16.9 Å². The Morgan fingerprint density at radius 1 is 1.35 bits per heavy atom. The number of aromatic nitrogens is 2. The van der Waals surface area contributed by atoms with E-state index in [0.717, 1.165) is 19.6 Å². The largest absolute Gasteiger partial charge is 0.310 e. The van der Waals surface area contributed by atoms with Crippen LogP contribution in [0.25, 0.3) is 10.9 Å². The molecule has 0 saturated heterocycles. The van der Waals surface area contributed by atoms with Crippen molar-refractivity contribution in [2.45, 2.75) is 44.0 Å². The van der Waals surface area contributed by atoms with Crippen molar-refractivity contribution in [3.05, 3.63) is 30.0 Å². The third-order valence-electron chi connectivity index (χ3n) is 4.47. The Hall–Kier alpha value is -1.00. The highest BCUT2D eigenvalue weighted by Crippen LogP contribution is 2.42. The lowest BCUT2D eigenvalue weighted by molar-refractivity contribution is 0.345. The van der Waals surface area contributed by atoms with Crippen LogP contribution in [0.4, 0.5) is 0 Å². The molecule has 20 heavy (non-hydrogen) atoms. The van der Waals surface area contributed by atoms with E-state index in [0.29, 0.717) is 4.75 Å². The second kappa shape index (κ2) is 5.78. The number of aryl methyl sites for hydroxylation is 1. The zero-order valence-corrected chi connectivity index (χ0v) is 13.2. The molecule has 4 heteroatoms. The molecule has 1 aromatic carbocycles. The molecular weight excluding hydrogens is 266 g/mol. The second-order valence-electron chi connectivity index (χ2n) is 5.62. The number of fused-ring (bicyclic) bond motifs is 1. The maximum absolute atomic E-state index is 4.74. The summed E-state index contributed by atoms with van der Waals surface area (Å²) in [4.78, 5) is 0. The molecule has 1 saturated carbocycles. The van der Waals surface area contributed by atoms with Gasteiger partial charge in [0.2, 0.25) is 0 Å².